The van der Waals surface area contributed by atoms with E-state index >= 15 is 0 Å². The van der Waals surface area contributed by atoms with E-state index in [0.29, 0.717) is 19.3 Å². The van der Waals surface area contributed by atoms with Gasteiger partial charge in [-0.2, -0.15) is 0 Å². The highest BCUT2D eigenvalue weighted by atomic mass is 16.6. The third kappa shape index (κ3) is 39.2. The van der Waals surface area contributed by atoms with Crippen LogP contribution in [0.2, 0.25) is 0 Å². The Bertz CT molecular complexity index is 1330. The average Bonchev–Trinajstić information content (AvgIpc) is 3.19. The Kier molecular flexibility index (Phi) is 38.0. The molecule has 0 aliphatic heterocycles. The Labute approximate surface area is 359 Å². The predicted octanol–water partition coefficient (Wildman–Crippen LogP) is 12.5. The monoisotopic (exact) mass is 821 g/mol. The first kappa shape index (κ1) is 55.0. The SMILES string of the molecule is CC/C=C/C=C/C=C/C=C/C=C/C=C/C=C/CCCCCC(=O)OCC(COCCC(C(=O)O)[N+](C)(C)C)OC(=O)CCCCC/C=C/C=C/CCCCCCCCC. The van der Waals surface area contributed by atoms with Crippen LogP contribution in [-0.4, -0.2) is 80.6 Å². The van der Waals surface area contributed by atoms with Crippen molar-refractivity contribution < 1.29 is 38.2 Å². The Morgan fingerprint density at radius 3 is 1.42 bits per heavy atom. The lowest BCUT2D eigenvalue weighted by molar-refractivity contribution is -0.887. The van der Waals surface area contributed by atoms with Gasteiger partial charge in [0.2, 0.25) is 0 Å². The van der Waals surface area contributed by atoms with Crippen molar-refractivity contribution in [3.63, 3.8) is 0 Å². The van der Waals surface area contributed by atoms with E-state index < -0.39 is 18.1 Å². The van der Waals surface area contributed by atoms with Crippen LogP contribution in [0, 0.1) is 0 Å². The maximum atomic E-state index is 12.7. The maximum Gasteiger partial charge on any atom is 0.362 e. The molecule has 0 rings (SSSR count). The molecular weight excluding hydrogens is 739 g/mol. The summed E-state index contributed by atoms with van der Waals surface area (Å²) in [6.07, 6.45) is 55.6. The summed E-state index contributed by atoms with van der Waals surface area (Å²) in [4.78, 5) is 37.0. The summed E-state index contributed by atoms with van der Waals surface area (Å²) in [5.74, 6) is -1.58. The van der Waals surface area contributed by atoms with Crippen LogP contribution in [0.3, 0.4) is 0 Å². The van der Waals surface area contributed by atoms with E-state index in [4.69, 9.17) is 14.2 Å². The van der Waals surface area contributed by atoms with Crippen molar-refractivity contribution >= 4 is 17.9 Å². The van der Waals surface area contributed by atoms with E-state index in [1.807, 2.05) is 94.1 Å². The molecule has 59 heavy (non-hydrogen) atoms. The smallest absolute Gasteiger partial charge is 0.362 e. The van der Waals surface area contributed by atoms with E-state index in [1.54, 1.807) is 0 Å². The Balaban J connectivity index is 4.52. The highest BCUT2D eigenvalue weighted by molar-refractivity contribution is 5.72. The number of hydrogen-bond acceptors (Lipinski definition) is 6. The first-order valence-electron chi connectivity index (χ1n) is 22.5. The van der Waals surface area contributed by atoms with Gasteiger partial charge >= 0.3 is 17.9 Å². The predicted molar refractivity (Wildman–Crippen MR) is 247 cm³/mol. The van der Waals surface area contributed by atoms with Gasteiger partial charge in [-0.3, -0.25) is 9.59 Å². The number of rotatable bonds is 38. The van der Waals surface area contributed by atoms with Gasteiger partial charge in [-0.1, -0.05) is 175 Å². The van der Waals surface area contributed by atoms with Crippen LogP contribution in [0.25, 0.3) is 0 Å². The number of allylic oxidation sites excluding steroid dienone is 18. The molecule has 0 aromatic heterocycles. The molecule has 332 valence electrons. The zero-order valence-electron chi connectivity index (χ0n) is 37.7. The van der Waals surface area contributed by atoms with Gasteiger partial charge in [-0.25, -0.2) is 4.79 Å². The minimum absolute atomic E-state index is 0.0274. The number of carbonyl (C=O) groups excluding carboxylic acids is 2. The van der Waals surface area contributed by atoms with E-state index in [-0.39, 0.29) is 49.1 Å². The van der Waals surface area contributed by atoms with Crippen molar-refractivity contribution in [3.05, 3.63) is 109 Å². The quantitative estimate of drug-likeness (QED) is 0.0287. The van der Waals surface area contributed by atoms with Crippen LogP contribution in [0.15, 0.2) is 109 Å². The lowest BCUT2D eigenvalue weighted by atomic mass is 10.1. The maximum absolute atomic E-state index is 12.7. The summed E-state index contributed by atoms with van der Waals surface area (Å²) in [7, 11) is 5.49. The summed E-state index contributed by atoms with van der Waals surface area (Å²) in [6, 6.07) is -0.634. The number of ether oxygens (including phenoxy) is 3. The largest absolute Gasteiger partial charge is 0.477 e. The number of hydrogen-bond donors (Lipinski definition) is 1. The molecule has 0 amide bonds. The van der Waals surface area contributed by atoms with Gasteiger partial charge in [-0.05, 0) is 57.8 Å². The summed E-state index contributed by atoms with van der Waals surface area (Å²) >= 11 is 0. The van der Waals surface area contributed by atoms with Crippen LogP contribution < -0.4 is 0 Å². The molecule has 0 heterocycles. The topological polar surface area (TPSA) is 99.1 Å². The molecule has 0 aliphatic rings. The number of quaternary nitrogens is 1. The van der Waals surface area contributed by atoms with Crippen LogP contribution in [0.1, 0.15) is 142 Å². The lowest BCUT2D eigenvalue weighted by Crippen LogP contribution is -2.50. The molecule has 1 N–H and O–H groups in total. The molecule has 2 unspecified atom stereocenters. The molecule has 0 saturated carbocycles. The molecule has 0 aliphatic carbocycles. The van der Waals surface area contributed by atoms with Crippen molar-refractivity contribution in [2.75, 3.05) is 41.0 Å². The number of carboxylic acids is 1. The first-order valence-corrected chi connectivity index (χ1v) is 22.5. The molecule has 0 saturated heterocycles. The minimum atomic E-state index is -0.892. The summed E-state index contributed by atoms with van der Waals surface area (Å²) < 4.78 is 17.2. The molecule has 0 aromatic carbocycles. The van der Waals surface area contributed by atoms with Gasteiger partial charge in [0, 0.05) is 19.3 Å². The number of esters is 2. The van der Waals surface area contributed by atoms with Gasteiger partial charge in [-0.15, -0.1) is 0 Å². The highest BCUT2D eigenvalue weighted by Gasteiger charge is 2.31. The fourth-order valence-corrected chi connectivity index (χ4v) is 5.89. The van der Waals surface area contributed by atoms with E-state index in [9.17, 15) is 19.5 Å². The Morgan fingerprint density at radius 1 is 0.525 bits per heavy atom. The lowest BCUT2D eigenvalue weighted by Gasteiger charge is -2.31. The van der Waals surface area contributed by atoms with Gasteiger partial charge < -0.3 is 23.8 Å². The molecule has 2 atom stereocenters. The van der Waals surface area contributed by atoms with Crippen molar-refractivity contribution in [2.45, 2.75) is 154 Å². The fraction of sp³-hybridized carbons (Fsp3) is 0.588. The summed E-state index contributed by atoms with van der Waals surface area (Å²) in [6.45, 7) is 4.48. The first-order chi connectivity index (χ1) is 28.6. The van der Waals surface area contributed by atoms with Crippen LogP contribution >= 0.6 is 0 Å². The molecule has 0 spiro atoms. The second kappa shape index (κ2) is 40.8. The number of aliphatic carboxylic acids is 1. The van der Waals surface area contributed by atoms with Crippen LogP contribution in [0.4, 0.5) is 0 Å². The molecule has 0 bridgehead atoms. The van der Waals surface area contributed by atoms with Crippen molar-refractivity contribution in [3.8, 4) is 0 Å². The summed E-state index contributed by atoms with van der Waals surface area (Å²) in [5.41, 5.74) is 0. The molecule has 8 heteroatoms. The second-order valence-corrected chi connectivity index (χ2v) is 15.8. The van der Waals surface area contributed by atoms with Gasteiger partial charge in [0.1, 0.15) is 6.61 Å². The fourth-order valence-electron chi connectivity index (χ4n) is 5.89. The normalized spacial score (nSPS) is 14.0. The van der Waals surface area contributed by atoms with Gasteiger partial charge in [0.05, 0.1) is 34.4 Å². The van der Waals surface area contributed by atoms with E-state index in [0.717, 1.165) is 51.4 Å². The van der Waals surface area contributed by atoms with Crippen molar-refractivity contribution in [2.24, 2.45) is 0 Å². The zero-order chi connectivity index (χ0) is 43.5. The van der Waals surface area contributed by atoms with Crippen LogP contribution in [-0.2, 0) is 28.6 Å². The number of likely N-dealkylation sites (N-methyl/N-ethyl adjacent to an activating group) is 1. The minimum Gasteiger partial charge on any atom is -0.477 e. The van der Waals surface area contributed by atoms with Crippen molar-refractivity contribution in [1.82, 2.24) is 0 Å². The molecule has 0 radical (unpaired) electrons. The van der Waals surface area contributed by atoms with Crippen LogP contribution in [0.5, 0.6) is 0 Å². The number of unbranched alkanes of at least 4 members (excludes halogenated alkanes) is 13. The Hall–Kier alpha value is -4.01. The van der Waals surface area contributed by atoms with Gasteiger partial charge in [0.25, 0.3) is 0 Å². The second-order valence-electron chi connectivity index (χ2n) is 15.8. The van der Waals surface area contributed by atoms with E-state index in [2.05, 4.69) is 50.3 Å². The van der Waals surface area contributed by atoms with E-state index in [1.165, 1.54) is 44.9 Å². The number of carboxylic acid groups (broad SMARTS) is 1. The number of nitrogens with zero attached hydrogens (tertiary/aromatic N) is 1. The Morgan fingerprint density at radius 2 is 0.949 bits per heavy atom. The van der Waals surface area contributed by atoms with Gasteiger partial charge in [0.15, 0.2) is 12.1 Å². The molecule has 0 fully saturated rings. The average molecular weight is 821 g/mol. The zero-order valence-corrected chi connectivity index (χ0v) is 37.7. The molecule has 8 nitrogen and oxygen atoms in total. The molecular formula is C51H82NO7+. The standard InChI is InChI=1S/C51H81NO7/c1-6-8-10-12-14-16-18-20-22-24-25-26-28-29-31-33-35-37-39-41-49(53)58-46-47(45-57-44-43-48(51(55)56)52(3,4)5)59-50(54)42-40-38-36-34-32-30-27-23-21-19-17-15-13-11-9-7-2/h8,10,12,14,16,18,20,22-32,47-48H,6-7,9,11,13,15,17,19,21,33-46H2,1-5H3/p+1/b10-8+,14-12+,18-16+,22-20+,25-24+,27-23+,28-26+,31-29+,32-30+. The van der Waals surface area contributed by atoms with Crippen molar-refractivity contribution in [1.29, 1.82) is 0 Å². The highest BCUT2D eigenvalue weighted by Crippen LogP contribution is 2.12. The third-order valence-corrected chi connectivity index (χ3v) is 9.38. The third-order valence-electron chi connectivity index (χ3n) is 9.38. The number of carbonyl (C=O) groups is 3. The molecule has 0 aromatic rings. The summed E-state index contributed by atoms with van der Waals surface area (Å²) in [5, 5.41) is 9.62.